The first kappa shape index (κ1) is 25.7. The number of likely N-dealkylation sites (tertiary alicyclic amines) is 1. The number of halogens is 1. The highest BCUT2D eigenvalue weighted by molar-refractivity contribution is 6.31. The van der Waals surface area contributed by atoms with Gasteiger partial charge in [-0.15, -0.1) is 0 Å². The number of esters is 1. The van der Waals surface area contributed by atoms with E-state index in [1.807, 2.05) is 26.0 Å². The predicted molar refractivity (Wildman–Crippen MR) is 127 cm³/mol. The normalized spacial score (nSPS) is 21.3. The quantitative estimate of drug-likeness (QED) is 0.337. The summed E-state index contributed by atoms with van der Waals surface area (Å²) in [4.78, 5) is 53.1. The Morgan fingerprint density at radius 3 is 2.24 bits per heavy atom. The summed E-state index contributed by atoms with van der Waals surface area (Å²) in [6, 6.07) is 2.17. The molecule has 34 heavy (non-hydrogen) atoms. The number of ether oxygens (including phenoxy) is 2. The molecule has 0 spiro atoms. The number of fused-ring (bicyclic) bond motifs is 1. The zero-order valence-corrected chi connectivity index (χ0v) is 20.8. The molecule has 9 heteroatoms. The Kier molecular flexibility index (Phi) is 8.02. The third kappa shape index (κ3) is 5.27. The lowest BCUT2D eigenvalue weighted by Crippen LogP contribution is -2.48. The number of rotatable bonds is 8. The molecule has 0 bridgehead atoms. The second kappa shape index (κ2) is 10.6. The van der Waals surface area contributed by atoms with Crippen LogP contribution < -0.4 is 10.1 Å². The number of hydrogen-bond acceptors (Lipinski definition) is 6. The van der Waals surface area contributed by atoms with Crippen LogP contribution in [0.3, 0.4) is 0 Å². The van der Waals surface area contributed by atoms with E-state index in [4.69, 9.17) is 21.1 Å². The maximum atomic E-state index is 13.1. The molecule has 0 aromatic heterocycles. The van der Waals surface area contributed by atoms with E-state index in [0.717, 1.165) is 10.5 Å². The molecule has 0 radical (unpaired) electrons. The molecule has 1 saturated heterocycles. The number of nitrogens with one attached hydrogen (secondary N) is 1. The number of hydrogen-bond donors (Lipinski definition) is 1. The van der Waals surface area contributed by atoms with Gasteiger partial charge in [0.25, 0.3) is 5.91 Å². The van der Waals surface area contributed by atoms with Gasteiger partial charge in [0.05, 0.1) is 24.6 Å². The summed E-state index contributed by atoms with van der Waals surface area (Å²) in [6.07, 6.45) is 3.84. The van der Waals surface area contributed by atoms with Gasteiger partial charge < -0.3 is 14.8 Å². The van der Waals surface area contributed by atoms with E-state index >= 15 is 0 Å². The largest absolute Gasteiger partial charge is 0.495 e. The minimum Gasteiger partial charge on any atom is -0.495 e. The van der Waals surface area contributed by atoms with E-state index in [0.29, 0.717) is 29.3 Å². The molecule has 4 unspecified atom stereocenters. The van der Waals surface area contributed by atoms with E-state index in [2.05, 4.69) is 5.32 Å². The summed E-state index contributed by atoms with van der Waals surface area (Å²) in [5, 5.41) is 3.17. The van der Waals surface area contributed by atoms with Crippen molar-refractivity contribution in [3.05, 3.63) is 34.9 Å². The smallest absolute Gasteiger partial charge is 0.330 e. The lowest BCUT2D eigenvalue weighted by molar-refractivity contribution is -0.164. The molecule has 3 amide bonds. The summed E-state index contributed by atoms with van der Waals surface area (Å²) < 4.78 is 10.7. The SMILES string of the molecule is COc1cc(Cl)c(C)cc1NC(=O)C(C)OC(=O)C(CC(C)C)N1C(=O)C2CC=CCC2C1=O. The number of imide groups is 1. The third-order valence-corrected chi connectivity index (χ3v) is 6.63. The van der Waals surface area contributed by atoms with Crippen molar-refractivity contribution >= 4 is 41.0 Å². The summed E-state index contributed by atoms with van der Waals surface area (Å²) in [7, 11) is 1.45. The van der Waals surface area contributed by atoms with Gasteiger partial charge in [-0.3, -0.25) is 19.3 Å². The lowest BCUT2D eigenvalue weighted by Gasteiger charge is -2.27. The van der Waals surface area contributed by atoms with Crippen molar-refractivity contribution < 1.29 is 28.7 Å². The fraction of sp³-hybridized carbons (Fsp3) is 0.520. The number of carbonyl (C=O) groups excluding carboxylic acids is 4. The summed E-state index contributed by atoms with van der Waals surface area (Å²) in [5.74, 6) is -2.55. The molecule has 3 rings (SSSR count). The number of nitrogens with zero attached hydrogens (tertiary/aromatic N) is 1. The van der Waals surface area contributed by atoms with Gasteiger partial charge in [0.2, 0.25) is 11.8 Å². The number of allylic oxidation sites excluding steroid dienone is 2. The molecule has 1 fully saturated rings. The monoisotopic (exact) mass is 490 g/mol. The summed E-state index contributed by atoms with van der Waals surface area (Å²) in [6.45, 7) is 7.01. The Morgan fingerprint density at radius 2 is 1.71 bits per heavy atom. The molecular formula is C25H31ClN2O6. The molecule has 1 N–H and O–H groups in total. The van der Waals surface area contributed by atoms with Crippen LogP contribution in [0.2, 0.25) is 5.02 Å². The number of amides is 3. The molecular weight excluding hydrogens is 460 g/mol. The van der Waals surface area contributed by atoms with Gasteiger partial charge in [-0.2, -0.15) is 0 Å². The Morgan fingerprint density at radius 1 is 1.12 bits per heavy atom. The van der Waals surface area contributed by atoms with Crippen molar-refractivity contribution in [2.24, 2.45) is 17.8 Å². The van der Waals surface area contributed by atoms with E-state index < -0.39 is 35.9 Å². The van der Waals surface area contributed by atoms with Crippen LogP contribution in [0.25, 0.3) is 0 Å². The molecule has 4 atom stereocenters. The highest BCUT2D eigenvalue weighted by Crippen LogP contribution is 2.37. The van der Waals surface area contributed by atoms with Gasteiger partial charge in [0, 0.05) is 11.1 Å². The third-order valence-electron chi connectivity index (χ3n) is 6.22. The number of methoxy groups -OCH3 is 1. The van der Waals surface area contributed by atoms with Crippen LogP contribution in [-0.2, 0) is 23.9 Å². The summed E-state index contributed by atoms with van der Waals surface area (Å²) >= 11 is 6.11. The first-order valence-electron chi connectivity index (χ1n) is 11.4. The topological polar surface area (TPSA) is 102 Å². The van der Waals surface area contributed by atoms with Crippen molar-refractivity contribution in [1.29, 1.82) is 0 Å². The zero-order valence-electron chi connectivity index (χ0n) is 20.1. The van der Waals surface area contributed by atoms with Crippen molar-refractivity contribution in [3.8, 4) is 5.75 Å². The maximum absolute atomic E-state index is 13.1. The van der Waals surface area contributed by atoms with Gasteiger partial charge >= 0.3 is 5.97 Å². The molecule has 1 aromatic rings. The number of benzene rings is 1. The zero-order chi connectivity index (χ0) is 25.2. The molecule has 1 aliphatic heterocycles. The highest BCUT2D eigenvalue weighted by Gasteiger charge is 2.51. The van der Waals surface area contributed by atoms with Gasteiger partial charge in [-0.25, -0.2) is 4.79 Å². The fourth-order valence-corrected chi connectivity index (χ4v) is 4.51. The Bertz CT molecular complexity index is 995. The van der Waals surface area contributed by atoms with E-state index in [1.54, 1.807) is 19.1 Å². The first-order chi connectivity index (χ1) is 16.0. The van der Waals surface area contributed by atoms with Crippen molar-refractivity contribution in [2.75, 3.05) is 12.4 Å². The molecule has 1 heterocycles. The van der Waals surface area contributed by atoms with Gasteiger partial charge in [-0.1, -0.05) is 37.6 Å². The van der Waals surface area contributed by atoms with Crippen molar-refractivity contribution in [2.45, 2.75) is 59.1 Å². The average Bonchev–Trinajstić information content (AvgIpc) is 3.04. The van der Waals surface area contributed by atoms with E-state index in [9.17, 15) is 19.2 Å². The van der Waals surface area contributed by atoms with E-state index in [1.165, 1.54) is 14.0 Å². The second-order valence-electron chi connectivity index (χ2n) is 9.22. The van der Waals surface area contributed by atoms with Crippen LogP contribution in [0.15, 0.2) is 24.3 Å². The standard InChI is InChI=1S/C25H31ClN2O6/c1-13(2)10-20(28-23(30)16-8-6-7-9-17(16)24(28)31)25(32)34-15(4)22(29)27-19-11-14(3)18(26)12-21(19)33-5/h6-7,11-13,15-17,20H,8-10H2,1-5H3,(H,27,29). The van der Waals surface area contributed by atoms with Gasteiger partial charge in [0.1, 0.15) is 11.8 Å². The lowest BCUT2D eigenvalue weighted by atomic mass is 9.85. The Labute approximate surface area is 204 Å². The number of aryl methyl sites for hydroxylation is 1. The highest BCUT2D eigenvalue weighted by atomic mass is 35.5. The van der Waals surface area contributed by atoms with Crippen LogP contribution in [0.4, 0.5) is 5.69 Å². The predicted octanol–water partition coefficient (Wildman–Crippen LogP) is 3.89. The van der Waals surface area contributed by atoms with Gasteiger partial charge in [-0.05, 0) is 50.7 Å². The average molecular weight is 491 g/mol. The second-order valence-corrected chi connectivity index (χ2v) is 9.62. The van der Waals surface area contributed by atoms with Crippen LogP contribution >= 0.6 is 11.6 Å². The summed E-state index contributed by atoms with van der Waals surface area (Å²) in [5.41, 5.74) is 1.12. The molecule has 8 nitrogen and oxygen atoms in total. The van der Waals surface area contributed by atoms with Gasteiger partial charge in [0.15, 0.2) is 6.10 Å². The molecule has 1 aromatic carbocycles. The first-order valence-corrected chi connectivity index (χ1v) is 11.8. The van der Waals surface area contributed by atoms with Crippen LogP contribution in [-0.4, -0.2) is 47.8 Å². The van der Waals surface area contributed by atoms with Crippen LogP contribution in [0, 0.1) is 24.7 Å². The van der Waals surface area contributed by atoms with E-state index in [-0.39, 0.29) is 24.2 Å². The fourth-order valence-electron chi connectivity index (χ4n) is 4.36. The Balaban J connectivity index is 1.74. The Hall–Kier alpha value is -2.87. The van der Waals surface area contributed by atoms with Crippen molar-refractivity contribution in [1.82, 2.24) is 4.90 Å². The number of anilines is 1. The minimum atomic E-state index is -1.17. The van der Waals surface area contributed by atoms with Crippen LogP contribution in [0.1, 0.15) is 45.6 Å². The molecule has 184 valence electrons. The molecule has 0 saturated carbocycles. The maximum Gasteiger partial charge on any atom is 0.330 e. The van der Waals surface area contributed by atoms with Crippen molar-refractivity contribution in [3.63, 3.8) is 0 Å². The minimum absolute atomic E-state index is 0.0179. The molecule has 1 aliphatic carbocycles. The molecule has 2 aliphatic rings. The van der Waals surface area contributed by atoms with Crippen LogP contribution in [0.5, 0.6) is 5.75 Å². The number of carbonyl (C=O) groups is 4.